The van der Waals surface area contributed by atoms with Gasteiger partial charge in [0.25, 0.3) is 0 Å². The molecule has 2 heterocycles. The highest BCUT2D eigenvalue weighted by Gasteiger charge is 2.18. The van der Waals surface area contributed by atoms with E-state index in [0.29, 0.717) is 6.04 Å². The number of hydrogen-bond acceptors (Lipinski definition) is 4. The fraction of sp³-hybridized carbons (Fsp3) is 0.438. The van der Waals surface area contributed by atoms with Gasteiger partial charge in [-0.05, 0) is 31.2 Å². The molecule has 0 bridgehead atoms. The summed E-state index contributed by atoms with van der Waals surface area (Å²) in [6.07, 6.45) is 6.51. The van der Waals surface area contributed by atoms with E-state index in [1.54, 1.807) is 0 Å². The third-order valence-corrected chi connectivity index (χ3v) is 4.53. The van der Waals surface area contributed by atoms with Gasteiger partial charge in [0.1, 0.15) is 0 Å². The fourth-order valence-electron chi connectivity index (χ4n) is 2.83. The summed E-state index contributed by atoms with van der Waals surface area (Å²) in [4.78, 5) is 6.96. The van der Waals surface area contributed by atoms with E-state index in [-0.39, 0.29) is 0 Å². The van der Waals surface area contributed by atoms with Gasteiger partial charge in [-0.15, -0.1) is 11.8 Å². The Morgan fingerprint density at radius 1 is 1.25 bits per heavy atom. The average molecular weight is 287 g/mol. The molecule has 1 N–H and O–H groups in total. The molecule has 1 saturated heterocycles. The molecule has 0 amide bonds. The highest BCUT2D eigenvalue weighted by molar-refractivity contribution is 7.98. The van der Waals surface area contributed by atoms with Crippen molar-refractivity contribution in [2.75, 3.05) is 30.5 Å². The molecular weight excluding hydrogens is 266 g/mol. The number of piperidine rings is 1. The summed E-state index contributed by atoms with van der Waals surface area (Å²) in [5, 5.41) is 4.94. The van der Waals surface area contributed by atoms with Gasteiger partial charge in [0, 0.05) is 42.3 Å². The number of nitrogens with one attached hydrogen (secondary N) is 1. The molecule has 1 fully saturated rings. The lowest BCUT2D eigenvalue weighted by atomic mass is 10.0. The second kappa shape index (κ2) is 6.46. The Morgan fingerprint density at radius 3 is 2.85 bits per heavy atom. The molecule has 20 heavy (non-hydrogen) atoms. The zero-order valence-corrected chi connectivity index (χ0v) is 12.7. The Bertz CT molecular complexity index is 559. The highest BCUT2D eigenvalue weighted by atomic mass is 32.2. The number of pyridine rings is 1. The summed E-state index contributed by atoms with van der Waals surface area (Å²) in [7, 11) is 0. The highest BCUT2D eigenvalue weighted by Crippen LogP contribution is 2.24. The van der Waals surface area contributed by atoms with Crippen LogP contribution in [0.3, 0.4) is 0 Å². The normalized spacial score (nSPS) is 17.4. The van der Waals surface area contributed by atoms with E-state index in [0.717, 1.165) is 11.4 Å². The maximum absolute atomic E-state index is 4.42. The van der Waals surface area contributed by atoms with Crippen molar-refractivity contribution in [3.63, 3.8) is 0 Å². The van der Waals surface area contributed by atoms with Crippen LogP contribution in [-0.4, -0.2) is 41.1 Å². The minimum Gasteiger partial charge on any atom is -0.382 e. The zero-order chi connectivity index (χ0) is 13.8. The van der Waals surface area contributed by atoms with Gasteiger partial charge in [0.15, 0.2) is 0 Å². The molecule has 0 unspecified atom stereocenters. The standard InChI is InChI=1S/C16H21N3S/c1-20-12-19-10-7-13(8-11-19)18-16-6-9-17-15-5-3-2-4-14(15)16/h2-6,9,13H,7-8,10-12H2,1H3,(H,17,18). The zero-order valence-electron chi connectivity index (χ0n) is 11.9. The Balaban J connectivity index is 1.68. The van der Waals surface area contributed by atoms with Crippen LogP contribution < -0.4 is 5.32 Å². The van der Waals surface area contributed by atoms with Crippen LogP contribution in [-0.2, 0) is 0 Å². The van der Waals surface area contributed by atoms with Gasteiger partial charge in [-0.1, -0.05) is 18.2 Å². The van der Waals surface area contributed by atoms with Crippen LogP contribution >= 0.6 is 11.8 Å². The molecule has 0 aliphatic carbocycles. The summed E-state index contributed by atoms with van der Waals surface area (Å²) in [5.41, 5.74) is 2.29. The second-order valence-corrected chi connectivity index (χ2v) is 6.17. The average Bonchev–Trinajstić information content (AvgIpc) is 2.50. The number of fused-ring (bicyclic) bond motifs is 1. The van der Waals surface area contributed by atoms with E-state index in [9.17, 15) is 0 Å². The van der Waals surface area contributed by atoms with Gasteiger partial charge >= 0.3 is 0 Å². The van der Waals surface area contributed by atoms with Crippen molar-refractivity contribution in [3.8, 4) is 0 Å². The van der Waals surface area contributed by atoms with Crippen LogP contribution in [0.5, 0.6) is 0 Å². The van der Waals surface area contributed by atoms with Gasteiger partial charge in [-0.2, -0.15) is 0 Å². The van der Waals surface area contributed by atoms with E-state index >= 15 is 0 Å². The van der Waals surface area contributed by atoms with Gasteiger partial charge in [0.05, 0.1) is 5.52 Å². The molecule has 3 nitrogen and oxygen atoms in total. The van der Waals surface area contributed by atoms with Gasteiger partial charge in [-0.25, -0.2) is 0 Å². The number of likely N-dealkylation sites (tertiary alicyclic amines) is 1. The predicted octanol–water partition coefficient (Wildman–Crippen LogP) is 3.43. The molecule has 3 rings (SSSR count). The molecule has 4 heteroatoms. The van der Waals surface area contributed by atoms with Crippen molar-refractivity contribution < 1.29 is 0 Å². The first-order valence-corrected chi connectivity index (χ1v) is 8.58. The van der Waals surface area contributed by atoms with E-state index in [4.69, 9.17) is 0 Å². The summed E-state index contributed by atoms with van der Waals surface area (Å²) < 4.78 is 0. The van der Waals surface area contributed by atoms with Crippen LogP contribution in [0.25, 0.3) is 10.9 Å². The molecule has 1 aromatic heterocycles. The van der Waals surface area contributed by atoms with Gasteiger partial charge < -0.3 is 5.32 Å². The van der Waals surface area contributed by atoms with E-state index in [2.05, 4.69) is 45.7 Å². The first kappa shape index (κ1) is 13.7. The third kappa shape index (κ3) is 3.07. The van der Waals surface area contributed by atoms with Gasteiger partial charge in [0.2, 0.25) is 0 Å². The summed E-state index contributed by atoms with van der Waals surface area (Å²) >= 11 is 1.91. The van der Waals surface area contributed by atoms with Crippen molar-refractivity contribution in [3.05, 3.63) is 36.5 Å². The number of para-hydroxylation sites is 1. The predicted molar refractivity (Wildman–Crippen MR) is 88.3 cm³/mol. The molecule has 1 aromatic carbocycles. The SMILES string of the molecule is CSCN1CCC(Nc2ccnc3ccccc23)CC1. The third-order valence-electron chi connectivity index (χ3n) is 3.91. The van der Waals surface area contributed by atoms with Crippen molar-refractivity contribution in [2.24, 2.45) is 0 Å². The maximum Gasteiger partial charge on any atom is 0.0722 e. The second-order valence-electron chi connectivity index (χ2n) is 5.33. The molecule has 1 aliphatic rings. The van der Waals surface area contributed by atoms with Crippen molar-refractivity contribution in [1.29, 1.82) is 0 Å². The topological polar surface area (TPSA) is 28.2 Å². The van der Waals surface area contributed by atoms with Crippen molar-refractivity contribution in [2.45, 2.75) is 18.9 Å². The molecule has 0 radical (unpaired) electrons. The number of nitrogens with zero attached hydrogens (tertiary/aromatic N) is 2. The van der Waals surface area contributed by atoms with E-state index < -0.39 is 0 Å². The molecule has 2 aromatic rings. The van der Waals surface area contributed by atoms with E-state index in [1.165, 1.54) is 37.0 Å². The van der Waals surface area contributed by atoms with Crippen LogP contribution in [0.4, 0.5) is 5.69 Å². The molecule has 1 aliphatic heterocycles. The Morgan fingerprint density at radius 2 is 2.05 bits per heavy atom. The lowest BCUT2D eigenvalue weighted by Crippen LogP contribution is -2.38. The van der Waals surface area contributed by atoms with E-state index in [1.807, 2.05) is 24.0 Å². The molecular formula is C16H21N3S. The van der Waals surface area contributed by atoms with Crippen LogP contribution in [0, 0.1) is 0 Å². The largest absolute Gasteiger partial charge is 0.382 e. The first-order valence-electron chi connectivity index (χ1n) is 7.18. The number of thioether (sulfide) groups is 1. The molecule has 106 valence electrons. The van der Waals surface area contributed by atoms with Crippen molar-refractivity contribution >= 4 is 28.4 Å². The number of rotatable bonds is 4. The Labute approximate surface area is 124 Å². The summed E-state index contributed by atoms with van der Waals surface area (Å²) in [6.45, 7) is 2.39. The molecule has 0 spiro atoms. The smallest absolute Gasteiger partial charge is 0.0722 e. The van der Waals surface area contributed by atoms with Crippen molar-refractivity contribution in [1.82, 2.24) is 9.88 Å². The lowest BCUT2D eigenvalue weighted by molar-refractivity contribution is 0.254. The summed E-state index contributed by atoms with van der Waals surface area (Å²) in [6, 6.07) is 11.0. The van der Waals surface area contributed by atoms with Crippen LogP contribution in [0.15, 0.2) is 36.5 Å². The minimum absolute atomic E-state index is 0.582. The summed E-state index contributed by atoms with van der Waals surface area (Å²) in [5.74, 6) is 1.16. The first-order chi connectivity index (χ1) is 9.86. The fourth-order valence-corrected chi connectivity index (χ4v) is 3.45. The number of benzene rings is 1. The molecule has 0 saturated carbocycles. The lowest BCUT2D eigenvalue weighted by Gasteiger charge is -2.32. The maximum atomic E-state index is 4.42. The Kier molecular flexibility index (Phi) is 4.43. The van der Waals surface area contributed by atoms with Crippen LogP contribution in [0.1, 0.15) is 12.8 Å². The number of hydrogen-bond donors (Lipinski definition) is 1. The minimum atomic E-state index is 0.582. The van der Waals surface area contributed by atoms with Gasteiger partial charge in [-0.3, -0.25) is 9.88 Å². The number of aromatic nitrogens is 1. The monoisotopic (exact) mass is 287 g/mol. The quantitative estimate of drug-likeness (QED) is 0.932. The Hall–Kier alpha value is -1.26. The van der Waals surface area contributed by atoms with Crippen LogP contribution in [0.2, 0.25) is 0 Å². The molecule has 0 atom stereocenters. The number of anilines is 1.